The number of rotatable bonds is 8. The number of aliphatic hydroxyl groups excluding tert-OH is 1. The number of nitrogens with one attached hydrogen (secondary N) is 2. The summed E-state index contributed by atoms with van der Waals surface area (Å²) in [7, 11) is -3.04. The number of nitrogens with zero attached hydrogens (tertiary/aromatic N) is 2. The molecule has 11 heteroatoms. The fraction of sp³-hybridized carbons (Fsp3) is 0.447. The van der Waals surface area contributed by atoms with E-state index in [0.717, 1.165) is 36.1 Å². The first-order valence-corrected chi connectivity index (χ1v) is 20.5. The third-order valence-electron chi connectivity index (χ3n) is 11.1. The second-order valence-corrected chi connectivity index (χ2v) is 18.6. The van der Waals surface area contributed by atoms with Crippen LogP contribution < -0.4 is 15.5 Å². The summed E-state index contributed by atoms with van der Waals surface area (Å²) in [5.74, 6) is -1.01. The highest BCUT2D eigenvalue weighted by Crippen LogP contribution is 2.60. The van der Waals surface area contributed by atoms with E-state index >= 15 is 0 Å². The highest BCUT2D eigenvalue weighted by molar-refractivity contribution is 6.71. The SMILES string of the molecule is C[C@@H]1[C@@H]([Si](C)(C)O)[C@H](CC(=O)N2Cc3ccccc3C[C@H]2CO)O[C@@]12C(=O)N(Cc1ccccc1)c1ccc(NC(=O)[C@H]3CCCN3)cc12. The molecule has 3 amide bonds. The van der Waals surface area contributed by atoms with Gasteiger partial charge in [0.1, 0.15) is 0 Å². The van der Waals surface area contributed by atoms with Crippen molar-refractivity contribution in [2.75, 3.05) is 23.4 Å². The first-order chi connectivity index (χ1) is 23.5. The van der Waals surface area contributed by atoms with Crippen LogP contribution in [0.15, 0.2) is 72.8 Å². The molecule has 0 aromatic heterocycles. The molecule has 0 radical (unpaired) electrons. The molecule has 7 rings (SSSR count). The quantitative estimate of drug-likeness (QED) is 0.264. The topological polar surface area (TPSA) is 131 Å². The van der Waals surface area contributed by atoms with E-state index in [2.05, 4.69) is 10.6 Å². The molecule has 3 aromatic rings. The van der Waals surface area contributed by atoms with Crippen LogP contribution in [0.5, 0.6) is 0 Å². The molecule has 10 nitrogen and oxygen atoms in total. The van der Waals surface area contributed by atoms with Gasteiger partial charge in [-0.25, -0.2) is 0 Å². The molecule has 3 aromatic carbocycles. The van der Waals surface area contributed by atoms with Crippen LogP contribution in [0.4, 0.5) is 11.4 Å². The number of carbonyl (C=O) groups is 3. The number of amides is 3. The lowest BCUT2D eigenvalue weighted by Crippen LogP contribution is -2.48. The van der Waals surface area contributed by atoms with Gasteiger partial charge in [0.25, 0.3) is 5.91 Å². The first kappa shape index (κ1) is 33.6. The standard InChI is InChI=1S/C38H46N4O6Si/c1-24-35(49(2,3)47)33(20-34(44)41-22-27-13-8-7-12-26(27)18-29(41)23-43)48-38(24)30-19-28(40-36(45)31-14-9-17-39-31)15-16-32(30)42(37(38)46)21-25-10-5-4-6-11-25/h4-8,10-13,15-16,19,24,29,31,33,35,39,43,47H,9,14,17-18,20-23H2,1-3H3,(H,40,45)/t24-,29+,31-,33+,35-,38+/m1/s1. The van der Waals surface area contributed by atoms with Gasteiger partial charge in [0.2, 0.25) is 11.8 Å². The normalized spacial score (nSPS) is 27.8. The van der Waals surface area contributed by atoms with Crippen molar-refractivity contribution >= 4 is 37.4 Å². The summed E-state index contributed by atoms with van der Waals surface area (Å²) >= 11 is 0. The minimum absolute atomic E-state index is 0.0303. The number of benzene rings is 3. The van der Waals surface area contributed by atoms with Gasteiger partial charge in [0.15, 0.2) is 13.9 Å². The van der Waals surface area contributed by atoms with Gasteiger partial charge in [-0.1, -0.05) is 61.5 Å². The maximum absolute atomic E-state index is 14.9. The fourth-order valence-electron chi connectivity index (χ4n) is 8.75. The fourth-order valence-corrected chi connectivity index (χ4v) is 11.3. The van der Waals surface area contributed by atoms with Crippen LogP contribution >= 0.6 is 0 Å². The van der Waals surface area contributed by atoms with Crippen LogP contribution in [0.1, 0.15) is 48.4 Å². The molecule has 4 N–H and O–H groups in total. The summed E-state index contributed by atoms with van der Waals surface area (Å²) in [4.78, 5) is 57.4. The van der Waals surface area contributed by atoms with E-state index in [9.17, 15) is 24.3 Å². The summed E-state index contributed by atoms with van der Waals surface area (Å²) in [6.45, 7) is 6.97. The lowest BCUT2D eigenvalue weighted by atomic mass is 9.82. The summed E-state index contributed by atoms with van der Waals surface area (Å²) in [5.41, 5.74) is 3.09. The smallest absolute Gasteiger partial charge is 0.264 e. The molecule has 4 heterocycles. The van der Waals surface area contributed by atoms with E-state index < -0.39 is 31.5 Å². The van der Waals surface area contributed by atoms with E-state index in [0.29, 0.717) is 36.4 Å². The minimum Gasteiger partial charge on any atom is -0.432 e. The van der Waals surface area contributed by atoms with Crippen molar-refractivity contribution in [1.82, 2.24) is 10.2 Å². The number of hydrogen-bond donors (Lipinski definition) is 4. The Morgan fingerprint density at radius 1 is 1.06 bits per heavy atom. The van der Waals surface area contributed by atoms with Gasteiger partial charge < -0.3 is 35.1 Å². The van der Waals surface area contributed by atoms with E-state index in [4.69, 9.17) is 4.74 Å². The van der Waals surface area contributed by atoms with Crippen molar-refractivity contribution in [1.29, 1.82) is 0 Å². The number of aliphatic hydroxyl groups is 1. The van der Waals surface area contributed by atoms with Crippen LogP contribution in [0.25, 0.3) is 0 Å². The highest BCUT2D eigenvalue weighted by Gasteiger charge is 2.66. The largest absolute Gasteiger partial charge is 0.432 e. The monoisotopic (exact) mass is 682 g/mol. The van der Waals surface area contributed by atoms with E-state index in [1.165, 1.54) is 0 Å². The Hall–Kier alpha value is -3.87. The van der Waals surface area contributed by atoms with Crippen molar-refractivity contribution in [3.8, 4) is 0 Å². The Labute approximate surface area is 288 Å². The zero-order chi connectivity index (χ0) is 34.5. The lowest BCUT2D eigenvalue weighted by molar-refractivity contribution is -0.151. The zero-order valence-electron chi connectivity index (χ0n) is 28.4. The second-order valence-electron chi connectivity index (χ2n) is 14.6. The van der Waals surface area contributed by atoms with Crippen molar-refractivity contribution in [2.24, 2.45) is 5.92 Å². The Kier molecular flexibility index (Phi) is 8.99. The summed E-state index contributed by atoms with van der Waals surface area (Å²) in [5, 5.41) is 16.6. The average Bonchev–Trinajstić information content (AvgIpc) is 3.78. The summed E-state index contributed by atoms with van der Waals surface area (Å²) < 4.78 is 6.98. The Bertz CT molecular complexity index is 1740. The van der Waals surface area contributed by atoms with E-state index in [1.54, 1.807) is 9.80 Å². The molecule has 1 spiro atoms. The van der Waals surface area contributed by atoms with Crippen molar-refractivity contribution < 1.29 is 29.0 Å². The van der Waals surface area contributed by atoms with Gasteiger partial charge in [0.05, 0.1) is 43.4 Å². The molecule has 258 valence electrons. The molecule has 2 fully saturated rings. The molecule has 4 aliphatic heterocycles. The Balaban J connectivity index is 1.25. The maximum atomic E-state index is 14.9. The number of hydrogen-bond acceptors (Lipinski definition) is 7. The molecular formula is C38H46N4O6Si. The van der Waals surface area contributed by atoms with Gasteiger partial charge in [-0.3, -0.25) is 14.4 Å². The number of anilines is 2. The number of fused-ring (bicyclic) bond motifs is 3. The molecule has 0 bridgehead atoms. The third-order valence-corrected chi connectivity index (χ3v) is 13.6. The van der Waals surface area contributed by atoms with Crippen LogP contribution in [0.2, 0.25) is 18.6 Å². The van der Waals surface area contributed by atoms with Crippen LogP contribution in [-0.4, -0.2) is 72.2 Å². The lowest BCUT2D eigenvalue weighted by Gasteiger charge is -2.37. The maximum Gasteiger partial charge on any atom is 0.264 e. The molecular weight excluding hydrogens is 637 g/mol. The van der Waals surface area contributed by atoms with Crippen molar-refractivity contribution in [3.63, 3.8) is 0 Å². The predicted octanol–water partition coefficient (Wildman–Crippen LogP) is 4.06. The molecule has 0 unspecified atom stereocenters. The van der Waals surface area contributed by atoms with Crippen molar-refractivity contribution in [3.05, 3.63) is 95.1 Å². The number of carbonyl (C=O) groups excluding carboxylic acids is 3. The average molecular weight is 683 g/mol. The van der Waals surface area contributed by atoms with Crippen LogP contribution in [-0.2, 0) is 44.2 Å². The Morgan fingerprint density at radius 2 is 1.80 bits per heavy atom. The third kappa shape index (κ3) is 6.01. The predicted molar refractivity (Wildman–Crippen MR) is 189 cm³/mol. The zero-order valence-corrected chi connectivity index (χ0v) is 29.4. The van der Waals surface area contributed by atoms with Gasteiger partial charge in [-0.2, -0.15) is 0 Å². The van der Waals surface area contributed by atoms with Crippen LogP contribution in [0, 0.1) is 5.92 Å². The number of ether oxygens (including phenoxy) is 1. The Morgan fingerprint density at radius 3 is 2.49 bits per heavy atom. The van der Waals surface area contributed by atoms with E-state index in [1.807, 2.05) is 92.8 Å². The molecule has 4 aliphatic rings. The van der Waals surface area contributed by atoms with Gasteiger partial charge in [0, 0.05) is 29.3 Å². The molecule has 0 aliphatic carbocycles. The van der Waals surface area contributed by atoms with E-state index in [-0.39, 0.29) is 42.8 Å². The van der Waals surface area contributed by atoms with Gasteiger partial charge in [-0.05, 0) is 73.8 Å². The molecule has 0 saturated carbocycles. The first-order valence-electron chi connectivity index (χ1n) is 17.4. The molecule has 2 saturated heterocycles. The second kappa shape index (κ2) is 13.1. The molecule has 6 atom stereocenters. The minimum atomic E-state index is -3.04. The summed E-state index contributed by atoms with van der Waals surface area (Å²) in [6, 6.07) is 22.6. The summed E-state index contributed by atoms with van der Waals surface area (Å²) in [6.07, 6.45) is 1.49. The highest BCUT2D eigenvalue weighted by atomic mass is 28.4. The van der Waals surface area contributed by atoms with Crippen molar-refractivity contribution in [2.45, 2.75) is 88.1 Å². The van der Waals surface area contributed by atoms with Crippen LogP contribution in [0.3, 0.4) is 0 Å². The van der Waals surface area contributed by atoms with Gasteiger partial charge in [-0.15, -0.1) is 0 Å². The van der Waals surface area contributed by atoms with Gasteiger partial charge >= 0.3 is 0 Å². The molecule has 49 heavy (non-hydrogen) atoms.